The lowest BCUT2D eigenvalue weighted by atomic mass is 9.96. The Morgan fingerprint density at radius 1 is 0.684 bits per heavy atom. The summed E-state index contributed by atoms with van der Waals surface area (Å²) in [6.07, 6.45) is -16.6. The second-order valence-electron chi connectivity index (χ2n) is 9.40. The first-order valence-corrected chi connectivity index (χ1v) is 12.6. The third kappa shape index (κ3) is 7.25. The molecule has 0 bridgehead atoms. The highest BCUT2D eigenvalue weighted by molar-refractivity contribution is 4.96. The van der Waals surface area contributed by atoms with Crippen molar-refractivity contribution in [3.63, 3.8) is 0 Å². The van der Waals surface area contributed by atoms with E-state index in [-0.39, 0.29) is 13.2 Å². The van der Waals surface area contributed by atoms with Crippen molar-refractivity contribution in [2.45, 2.75) is 106 Å². The molecule has 0 saturated carbocycles. The molecule has 0 aromatic carbocycles. The molecule has 0 spiro atoms. The van der Waals surface area contributed by atoms with Crippen LogP contribution in [0.25, 0.3) is 0 Å². The smallest absolute Gasteiger partial charge is 0.187 e. The Morgan fingerprint density at radius 2 is 1.29 bits per heavy atom. The van der Waals surface area contributed by atoms with E-state index in [2.05, 4.69) is 0 Å². The minimum Gasteiger partial charge on any atom is -0.394 e. The predicted octanol–water partition coefficient (Wildman–Crippen LogP) is -4.55. The fourth-order valence-corrected chi connectivity index (χ4v) is 4.40. The molecular formula is C23H40O15. The van der Waals surface area contributed by atoms with Gasteiger partial charge in [0.1, 0.15) is 67.1 Å². The van der Waals surface area contributed by atoms with Gasteiger partial charge in [0.25, 0.3) is 0 Å². The molecule has 3 saturated heterocycles. The molecule has 9 N–H and O–H groups in total. The maximum Gasteiger partial charge on any atom is 0.187 e. The fraction of sp³-hybridized carbons (Fsp3) is 0.913. The fourth-order valence-electron chi connectivity index (χ4n) is 4.40. The van der Waals surface area contributed by atoms with Gasteiger partial charge in [-0.25, -0.2) is 0 Å². The standard InChI is InChI=1S/C23H40O15/c1-2-3-4-5-6-33-23-20(38-21-17(31)13(27)10(26)9-34-21)19(15(29)12(8-25)36-23)37-22-18(32)16(30)14(28)11(7-24)35-22/h3-4,10-32H,2,5-9H2,1H3/b4-3-/t10-,11-,12-,13+,14-,15-,16+,17-,18-,19+,20-,21+,22+,23-/m1/s1. The molecule has 38 heavy (non-hydrogen) atoms. The van der Waals surface area contributed by atoms with Crippen molar-refractivity contribution in [2.75, 3.05) is 26.4 Å². The third-order valence-electron chi connectivity index (χ3n) is 6.65. The SMILES string of the molecule is CC/C=C\CCO[C@@H]1O[C@H](CO)[C@@H](O)[C@H](O[C@@H]2O[C@H](CO)[C@@H](O)[C@H](O)[C@H]2O)[C@H]1O[C@@H]1OC[C@@H](O)[C@H](O)[C@H]1O. The molecule has 0 unspecified atom stereocenters. The molecule has 0 aromatic rings. The van der Waals surface area contributed by atoms with Crippen LogP contribution in [-0.2, 0) is 28.4 Å². The van der Waals surface area contributed by atoms with E-state index < -0.39 is 99.2 Å². The Hall–Kier alpha value is -0.860. The van der Waals surface area contributed by atoms with Gasteiger partial charge >= 0.3 is 0 Å². The van der Waals surface area contributed by atoms with Gasteiger partial charge in [-0.3, -0.25) is 0 Å². The van der Waals surface area contributed by atoms with Crippen LogP contribution in [0.15, 0.2) is 12.2 Å². The first-order chi connectivity index (χ1) is 18.1. The summed E-state index contributed by atoms with van der Waals surface area (Å²) in [6, 6.07) is 0. The van der Waals surface area contributed by atoms with Crippen LogP contribution in [0.3, 0.4) is 0 Å². The molecule has 222 valence electrons. The second kappa shape index (κ2) is 14.7. The van der Waals surface area contributed by atoms with Crippen LogP contribution in [0.4, 0.5) is 0 Å². The molecule has 3 heterocycles. The van der Waals surface area contributed by atoms with Crippen molar-refractivity contribution in [1.29, 1.82) is 0 Å². The van der Waals surface area contributed by atoms with Gasteiger partial charge in [-0.1, -0.05) is 19.1 Å². The number of aliphatic hydroxyl groups excluding tert-OH is 9. The van der Waals surface area contributed by atoms with E-state index in [9.17, 15) is 46.0 Å². The van der Waals surface area contributed by atoms with Crippen LogP contribution in [0, 0.1) is 0 Å². The molecule has 3 aliphatic rings. The first kappa shape index (κ1) is 31.7. The van der Waals surface area contributed by atoms with Crippen LogP contribution in [0.1, 0.15) is 19.8 Å². The van der Waals surface area contributed by atoms with Gasteiger partial charge in [0.15, 0.2) is 18.9 Å². The van der Waals surface area contributed by atoms with Crippen LogP contribution >= 0.6 is 0 Å². The molecular weight excluding hydrogens is 516 g/mol. The maximum absolute atomic E-state index is 11.0. The normalized spacial score (nSPS) is 46.5. The molecule has 3 rings (SSSR count). The van der Waals surface area contributed by atoms with Crippen molar-refractivity contribution < 1.29 is 74.4 Å². The van der Waals surface area contributed by atoms with Gasteiger partial charge in [0.2, 0.25) is 0 Å². The molecule has 3 aliphatic heterocycles. The van der Waals surface area contributed by atoms with E-state index in [1.165, 1.54) is 0 Å². The van der Waals surface area contributed by atoms with E-state index in [4.69, 9.17) is 28.4 Å². The number of hydrogen-bond acceptors (Lipinski definition) is 15. The van der Waals surface area contributed by atoms with Gasteiger partial charge in [-0.05, 0) is 12.8 Å². The van der Waals surface area contributed by atoms with E-state index in [0.29, 0.717) is 6.42 Å². The Labute approximate surface area is 219 Å². The number of rotatable bonds is 11. The average Bonchev–Trinajstić information content (AvgIpc) is 2.91. The van der Waals surface area contributed by atoms with Crippen molar-refractivity contribution >= 4 is 0 Å². The summed E-state index contributed by atoms with van der Waals surface area (Å²) in [6.45, 7) is 0.285. The van der Waals surface area contributed by atoms with E-state index in [0.717, 1.165) is 6.42 Å². The molecule has 0 radical (unpaired) electrons. The van der Waals surface area contributed by atoms with Crippen LogP contribution in [-0.4, -0.2) is 158 Å². The quantitative estimate of drug-likeness (QED) is 0.0860. The zero-order valence-corrected chi connectivity index (χ0v) is 21.0. The summed E-state index contributed by atoms with van der Waals surface area (Å²) in [5.74, 6) is 0. The van der Waals surface area contributed by atoms with Gasteiger partial charge in [-0.15, -0.1) is 0 Å². The molecule has 3 fully saturated rings. The number of aliphatic hydroxyl groups is 9. The zero-order chi connectivity index (χ0) is 28.0. The second-order valence-corrected chi connectivity index (χ2v) is 9.40. The lowest BCUT2D eigenvalue weighted by molar-refractivity contribution is -0.386. The Morgan fingerprint density at radius 3 is 1.95 bits per heavy atom. The highest BCUT2D eigenvalue weighted by atomic mass is 16.8. The number of hydrogen-bond donors (Lipinski definition) is 9. The summed E-state index contributed by atoms with van der Waals surface area (Å²) >= 11 is 0. The Kier molecular flexibility index (Phi) is 12.2. The monoisotopic (exact) mass is 556 g/mol. The van der Waals surface area contributed by atoms with E-state index in [1.807, 2.05) is 19.1 Å². The Bertz CT molecular complexity index is 725. The molecule has 0 aliphatic carbocycles. The van der Waals surface area contributed by atoms with Crippen LogP contribution in [0.2, 0.25) is 0 Å². The van der Waals surface area contributed by atoms with Gasteiger partial charge in [0.05, 0.1) is 26.4 Å². The summed E-state index contributed by atoms with van der Waals surface area (Å²) in [4.78, 5) is 0. The summed E-state index contributed by atoms with van der Waals surface area (Å²) < 4.78 is 33.8. The van der Waals surface area contributed by atoms with Crippen molar-refractivity contribution in [3.05, 3.63) is 12.2 Å². The highest BCUT2D eigenvalue weighted by Crippen LogP contribution is 2.33. The average molecular weight is 557 g/mol. The molecule has 15 nitrogen and oxygen atoms in total. The van der Waals surface area contributed by atoms with Crippen LogP contribution < -0.4 is 0 Å². The van der Waals surface area contributed by atoms with E-state index >= 15 is 0 Å². The minimum atomic E-state index is -1.82. The summed E-state index contributed by atoms with van der Waals surface area (Å²) in [7, 11) is 0. The molecule has 0 aromatic heterocycles. The lowest BCUT2D eigenvalue weighted by Crippen LogP contribution is -2.66. The van der Waals surface area contributed by atoms with Crippen molar-refractivity contribution in [3.8, 4) is 0 Å². The summed E-state index contributed by atoms with van der Waals surface area (Å²) in [5.41, 5.74) is 0. The van der Waals surface area contributed by atoms with Gasteiger partial charge in [-0.2, -0.15) is 0 Å². The van der Waals surface area contributed by atoms with Crippen LogP contribution in [0.5, 0.6) is 0 Å². The molecule has 15 heteroatoms. The van der Waals surface area contributed by atoms with Crippen molar-refractivity contribution in [1.82, 2.24) is 0 Å². The number of allylic oxidation sites excluding steroid dienone is 1. The van der Waals surface area contributed by atoms with Gasteiger partial charge < -0.3 is 74.4 Å². The highest BCUT2D eigenvalue weighted by Gasteiger charge is 2.53. The zero-order valence-electron chi connectivity index (χ0n) is 21.0. The third-order valence-corrected chi connectivity index (χ3v) is 6.65. The number of ether oxygens (including phenoxy) is 6. The Balaban J connectivity index is 1.86. The minimum absolute atomic E-state index is 0.109. The lowest BCUT2D eigenvalue weighted by Gasteiger charge is -2.48. The topological polar surface area (TPSA) is 237 Å². The summed E-state index contributed by atoms with van der Waals surface area (Å²) in [5, 5.41) is 91.2. The van der Waals surface area contributed by atoms with Crippen molar-refractivity contribution in [2.24, 2.45) is 0 Å². The molecule has 14 atom stereocenters. The van der Waals surface area contributed by atoms with E-state index in [1.54, 1.807) is 0 Å². The molecule has 0 amide bonds. The predicted molar refractivity (Wildman–Crippen MR) is 123 cm³/mol. The first-order valence-electron chi connectivity index (χ1n) is 12.6. The maximum atomic E-state index is 11.0. The van der Waals surface area contributed by atoms with Gasteiger partial charge in [0, 0.05) is 0 Å². The largest absolute Gasteiger partial charge is 0.394 e.